The number of aryl methyl sites for hydroxylation is 1. The molecule has 0 bridgehead atoms. The molecule has 0 saturated carbocycles. The molecule has 0 unspecified atom stereocenters. The molecule has 1 aromatic carbocycles. The number of hydrogen-bond donors (Lipinski definition) is 0. The number of carbonyl (C=O) groups is 1. The van der Waals surface area contributed by atoms with E-state index in [1.807, 2.05) is 0 Å². The average molecular weight is 392 g/mol. The number of aromatic nitrogens is 7. The summed E-state index contributed by atoms with van der Waals surface area (Å²) in [6.07, 6.45) is 3.45. The van der Waals surface area contributed by atoms with Crippen molar-refractivity contribution in [2.75, 3.05) is 13.6 Å². The zero-order valence-corrected chi connectivity index (χ0v) is 15.8. The van der Waals surface area contributed by atoms with Crippen LogP contribution in [0.15, 0.2) is 42.7 Å². The van der Waals surface area contributed by atoms with E-state index in [4.69, 9.17) is 0 Å². The number of amides is 1. The van der Waals surface area contributed by atoms with Gasteiger partial charge in [-0.2, -0.15) is 10.2 Å². The fourth-order valence-corrected chi connectivity index (χ4v) is 3.34. The van der Waals surface area contributed by atoms with Crippen LogP contribution < -0.4 is 0 Å². The lowest BCUT2D eigenvalue weighted by molar-refractivity contribution is 0.0743. The highest BCUT2D eigenvalue weighted by atomic mass is 19.1. The van der Waals surface area contributed by atoms with Gasteiger partial charge >= 0.3 is 0 Å². The maximum Gasteiger partial charge on any atom is 0.271 e. The molecule has 9 nitrogen and oxygen atoms in total. The third kappa shape index (κ3) is 2.89. The molecule has 29 heavy (non-hydrogen) atoms. The Morgan fingerprint density at radius 1 is 1.10 bits per heavy atom. The largest absolute Gasteiger partial charge is 0.339 e. The quantitative estimate of drug-likeness (QED) is 0.530. The predicted molar refractivity (Wildman–Crippen MR) is 102 cm³/mol. The van der Waals surface area contributed by atoms with Crippen LogP contribution in [0, 0.1) is 5.82 Å². The van der Waals surface area contributed by atoms with Gasteiger partial charge in [0.25, 0.3) is 5.91 Å². The lowest BCUT2D eigenvalue weighted by Gasteiger charge is -2.22. The molecule has 1 aliphatic rings. The van der Waals surface area contributed by atoms with Gasteiger partial charge in [-0.25, -0.2) is 14.1 Å². The van der Waals surface area contributed by atoms with E-state index in [2.05, 4.69) is 20.3 Å². The highest BCUT2D eigenvalue weighted by Crippen LogP contribution is 2.26. The second-order valence-electron chi connectivity index (χ2n) is 6.92. The number of likely N-dealkylation sites (N-methyl/N-ethyl adjacent to an activating group) is 1. The first-order valence-electron chi connectivity index (χ1n) is 9.05. The number of hydrogen-bond acceptors (Lipinski definition) is 5. The minimum absolute atomic E-state index is 0.0900. The summed E-state index contributed by atoms with van der Waals surface area (Å²) in [6.45, 7) is 1.20. The van der Waals surface area contributed by atoms with Crippen LogP contribution in [0.3, 0.4) is 0 Å². The molecule has 1 aliphatic heterocycles. The number of rotatable bonds is 3. The molecule has 146 valence electrons. The third-order valence-corrected chi connectivity index (χ3v) is 4.85. The minimum Gasteiger partial charge on any atom is -0.339 e. The van der Waals surface area contributed by atoms with E-state index >= 15 is 0 Å². The summed E-state index contributed by atoms with van der Waals surface area (Å²) >= 11 is 0. The monoisotopic (exact) mass is 392 g/mol. The van der Waals surface area contributed by atoms with Gasteiger partial charge in [-0.15, -0.1) is 5.10 Å². The number of fused-ring (bicyclic) bond motifs is 1. The highest BCUT2D eigenvalue weighted by molar-refractivity contribution is 5.94. The van der Waals surface area contributed by atoms with Crippen molar-refractivity contribution < 1.29 is 9.18 Å². The van der Waals surface area contributed by atoms with Gasteiger partial charge in [-0.3, -0.25) is 14.2 Å². The Morgan fingerprint density at radius 2 is 1.97 bits per heavy atom. The Balaban J connectivity index is 1.68. The van der Waals surface area contributed by atoms with Crippen LogP contribution in [0.25, 0.3) is 28.6 Å². The van der Waals surface area contributed by atoms with E-state index in [-0.39, 0.29) is 11.7 Å². The molecule has 0 N–H and O–H groups in total. The molecule has 5 rings (SSSR count). The van der Waals surface area contributed by atoms with Crippen LogP contribution in [0.4, 0.5) is 4.39 Å². The van der Waals surface area contributed by atoms with E-state index in [9.17, 15) is 9.18 Å². The van der Waals surface area contributed by atoms with Crippen LogP contribution >= 0.6 is 0 Å². The minimum atomic E-state index is -0.368. The van der Waals surface area contributed by atoms with Crippen LogP contribution in [0.1, 0.15) is 10.5 Å². The van der Waals surface area contributed by atoms with Crippen molar-refractivity contribution in [2.24, 2.45) is 7.05 Å². The first-order chi connectivity index (χ1) is 14.0. The Bertz CT molecular complexity index is 1240. The molecule has 0 saturated heterocycles. The standard InChI is InChI=1S/C19H17FN8O/c1-25-6-7-27-16(19(25)29)9-15(23-27)18-22-17(12-4-3-5-13(20)8-12)24-28(18)14-10-21-26(2)11-14/h3-5,8-11H,6-7H2,1-2H3. The predicted octanol–water partition coefficient (Wildman–Crippen LogP) is 1.76. The van der Waals surface area contributed by atoms with Crippen LogP contribution in [0.5, 0.6) is 0 Å². The first kappa shape index (κ1) is 17.3. The number of halogens is 1. The molecule has 10 heteroatoms. The molecular formula is C19H17FN8O. The Morgan fingerprint density at radius 3 is 2.72 bits per heavy atom. The topological polar surface area (TPSA) is 86.7 Å². The normalized spacial score (nSPS) is 13.8. The Kier molecular flexibility index (Phi) is 3.79. The van der Waals surface area contributed by atoms with E-state index in [1.165, 1.54) is 12.1 Å². The van der Waals surface area contributed by atoms with Gasteiger partial charge in [-0.05, 0) is 12.1 Å². The van der Waals surface area contributed by atoms with Gasteiger partial charge in [0.1, 0.15) is 22.9 Å². The fourth-order valence-electron chi connectivity index (χ4n) is 3.34. The van der Waals surface area contributed by atoms with Crippen LogP contribution in [-0.2, 0) is 13.6 Å². The lowest BCUT2D eigenvalue weighted by Crippen LogP contribution is -2.37. The first-order valence-corrected chi connectivity index (χ1v) is 9.05. The molecule has 4 heterocycles. The summed E-state index contributed by atoms with van der Waals surface area (Å²) in [5, 5.41) is 13.3. The van der Waals surface area contributed by atoms with E-state index in [1.54, 1.807) is 63.6 Å². The summed E-state index contributed by atoms with van der Waals surface area (Å²) in [7, 11) is 3.57. The molecule has 0 fully saturated rings. The van der Waals surface area contributed by atoms with Crippen molar-refractivity contribution in [3.8, 4) is 28.6 Å². The van der Waals surface area contributed by atoms with Crippen molar-refractivity contribution in [3.05, 3.63) is 54.2 Å². The van der Waals surface area contributed by atoms with E-state index < -0.39 is 0 Å². The molecular weight excluding hydrogens is 375 g/mol. The molecule has 3 aromatic heterocycles. The SMILES string of the molecule is CN1CCn2nc(-c3nc(-c4cccc(F)c4)nn3-c3cnn(C)c3)cc2C1=O. The Labute approximate surface area is 165 Å². The van der Waals surface area contributed by atoms with Gasteiger partial charge in [0.05, 0.1) is 18.9 Å². The lowest BCUT2D eigenvalue weighted by atomic mass is 10.2. The smallest absolute Gasteiger partial charge is 0.271 e. The second kappa shape index (κ2) is 6.36. The summed E-state index contributed by atoms with van der Waals surface area (Å²) in [5.74, 6) is 0.355. The maximum atomic E-state index is 13.7. The maximum absolute atomic E-state index is 13.7. The fraction of sp³-hybridized carbons (Fsp3) is 0.211. The van der Waals surface area contributed by atoms with Crippen molar-refractivity contribution in [2.45, 2.75) is 6.54 Å². The van der Waals surface area contributed by atoms with Crippen molar-refractivity contribution in [3.63, 3.8) is 0 Å². The highest BCUT2D eigenvalue weighted by Gasteiger charge is 2.26. The van der Waals surface area contributed by atoms with Gasteiger partial charge < -0.3 is 4.90 Å². The van der Waals surface area contributed by atoms with E-state index in [0.29, 0.717) is 47.4 Å². The summed E-state index contributed by atoms with van der Waals surface area (Å²) in [5.41, 5.74) is 2.25. The van der Waals surface area contributed by atoms with Crippen LogP contribution in [-0.4, -0.2) is 58.7 Å². The number of nitrogens with zero attached hydrogens (tertiary/aromatic N) is 8. The van der Waals surface area contributed by atoms with Crippen molar-refractivity contribution >= 4 is 5.91 Å². The third-order valence-electron chi connectivity index (χ3n) is 4.85. The summed E-state index contributed by atoms with van der Waals surface area (Å²) < 4.78 is 18.7. The number of carbonyl (C=O) groups excluding carboxylic acids is 1. The molecule has 4 aromatic rings. The molecule has 0 spiro atoms. The summed E-state index contributed by atoms with van der Waals surface area (Å²) in [6, 6.07) is 7.81. The zero-order chi connectivity index (χ0) is 20.1. The second-order valence-corrected chi connectivity index (χ2v) is 6.92. The summed E-state index contributed by atoms with van der Waals surface area (Å²) in [4.78, 5) is 18.7. The molecule has 0 atom stereocenters. The molecule has 0 aliphatic carbocycles. The molecule has 0 radical (unpaired) electrons. The van der Waals surface area contributed by atoms with Gasteiger partial charge in [0, 0.05) is 32.3 Å². The van der Waals surface area contributed by atoms with Crippen molar-refractivity contribution in [1.29, 1.82) is 0 Å². The van der Waals surface area contributed by atoms with Crippen molar-refractivity contribution in [1.82, 2.24) is 39.2 Å². The Hall–Kier alpha value is -3.82. The average Bonchev–Trinajstić information content (AvgIpc) is 3.42. The zero-order valence-electron chi connectivity index (χ0n) is 15.8. The number of benzene rings is 1. The molecule has 1 amide bonds. The van der Waals surface area contributed by atoms with Crippen LogP contribution in [0.2, 0.25) is 0 Å². The van der Waals surface area contributed by atoms with E-state index in [0.717, 1.165) is 0 Å². The van der Waals surface area contributed by atoms with Gasteiger partial charge in [0.15, 0.2) is 11.6 Å². The van der Waals surface area contributed by atoms with Gasteiger partial charge in [-0.1, -0.05) is 12.1 Å². The van der Waals surface area contributed by atoms with Gasteiger partial charge in [0.2, 0.25) is 0 Å².